The van der Waals surface area contributed by atoms with Crippen LogP contribution in [0.1, 0.15) is 16.0 Å². The normalized spacial score (nSPS) is 16.3. The van der Waals surface area contributed by atoms with Crippen LogP contribution in [0, 0.1) is 6.92 Å². The van der Waals surface area contributed by atoms with Crippen molar-refractivity contribution in [2.75, 3.05) is 16.3 Å². The molecule has 3 heterocycles. The van der Waals surface area contributed by atoms with E-state index >= 15 is 0 Å². The molecule has 2 aliphatic heterocycles. The average molecular weight is 386 g/mol. The number of nitrogens with zero attached hydrogens (tertiary/aromatic N) is 2. The standard InChI is InChI=1S/C23H18N2O2S/c1-15-6-4-8-17(14-15)25-22(26)20(19-10-5-13-28-19)21(23(25)27)24-12-11-16-7-2-3-9-18(16)24/h2-10,13-14H,11-12H2,1H3. The molecule has 2 aromatic carbocycles. The number of amides is 2. The highest BCUT2D eigenvalue weighted by molar-refractivity contribution is 7.11. The van der Waals surface area contributed by atoms with Gasteiger partial charge in [-0.05, 0) is 54.1 Å². The lowest BCUT2D eigenvalue weighted by Crippen LogP contribution is -2.34. The Morgan fingerprint density at radius 1 is 0.929 bits per heavy atom. The fourth-order valence-electron chi connectivity index (χ4n) is 3.98. The Balaban J connectivity index is 1.68. The summed E-state index contributed by atoms with van der Waals surface area (Å²) in [4.78, 5) is 31.1. The van der Waals surface area contributed by atoms with Gasteiger partial charge < -0.3 is 4.90 Å². The summed E-state index contributed by atoms with van der Waals surface area (Å²) >= 11 is 1.49. The molecule has 2 aliphatic rings. The van der Waals surface area contributed by atoms with Crippen molar-refractivity contribution in [3.63, 3.8) is 0 Å². The number of hydrogen-bond acceptors (Lipinski definition) is 4. The Labute approximate surface area is 167 Å². The van der Waals surface area contributed by atoms with E-state index in [1.54, 1.807) is 0 Å². The van der Waals surface area contributed by atoms with E-state index in [0.29, 0.717) is 23.5 Å². The van der Waals surface area contributed by atoms with Crippen LogP contribution in [0.4, 0.5) is 11.4 Å². The van der Waals surface area contributed by atoms with E-state index in [-0.39, 0.29) is 11.8 Å². The number of hydrogen-bond donors (Lipinski definition) is 0. The number of anilines is 2. The molecule has 138 valence electrons. The average Bonchev–Trinajstić information content (AvgIpc) is 3.40. The number of fused-ring (bicyclic) bond motifs is 1. The molecule has 3 aromatic rings. The molecule has 0 saturated carbocycles. The Kier molecular flexibility index (Phi) is 3.91. The number of rotatable bonds is 3. The molecule has 2 amide bonds. The number of aryl methyl sites for hydroxylation is 1. The lowest BCUT2D eigenvalue weighted by atomic mass is 10.1. The molecule has 0 fully saturated rings. The van der Waals surface area contributed by atoms with Gasteiger partial charge in [-0.25, -0.2) is 4.90 Å². The molecule has 0 spiro atoms. The summed E-state index contributed by atoms with van der Waals surface area (Å²) in [6.07, 6.45) is 0.864. The van der Waals surface area contributed by atoms with Gasteiger partial charge in [0.15, 0.2) is 0 Å². The third kappa shape index (κ3) is 2.51. The SMILES string of the molecule is Cc1cccc(N2C(=O)C(c3cccs3)=C(N3CCc4ccccc43)C2=O)c1. The topological polar surface area (TPSA) is 40.6 Å². The van der Waals surface area contributed by atoms with Crippen LogP contribution in [0.2, 0.25) is 0 Å². The first-order valence-electron chi connectivity index (χ1n) is 9.24. The molecule has 0 unspecified atom stereocenters. The minimum atomic E-state index is -0.254. The summed E-state index contributed by atoms with van der Waals surface area (Å²) in [5.41, 5.74) is 4.83. The fourth-order valence-corrected chi connectivity index (χ4v) is 4.75. The minimum Gasteiger partial charge on any atom is -0.336 e. The summed E-state index contributed by atoms with van der Waals surface area (Å²) in [5.74, 6) is -0.506. The van der Waals surface area contributed by atoms with E-state index in [4.69, 9.17) is 0 Å². The predicted molar refractivity (Wildman–Crippen MR) is 112 cm³/mol. The molecule has 0 atom stereocenters. The highest BCUT2D eigenvalue weighted by Crippen LogP contribution is 2.41. The maximum absolute atomic E-state index is 13.5. The number of imide groups is 1. The summed E-state index contributed by atoms with van der Waals surface area (Å²) in [6, 6.07) is 19.4. The van der Waals surface area contributed by atoms with Gasteiger partial charge in [0.05, 0.1) is 11.3 Å². The first-order valence-corrected chi connectivity index (χ1v) is 10.1. The largest absolute Gasteiger partial charge is 0.336 e. The van der Waals surface area contributed by atoms with E-state index in [2.05, 4.69) is 6.07 Å². The lowest BCUT2D eigenvalue weighted by molar-refractivity contribution is -0.120. The van der Waals surface area contributed by atoms with Gasteiger partial charge in [-0.1, -0.05) is 36.4 Å². The molecular weight excluding hydrogens is 368 g/mol. The number of thiophene rings is 1. The first kappa shape index (κ1) is 17.0. The van der Waals surface area contributed by atoms with Crippen LogP contribution in [0.5, 0.6) is 0 Å². The minimum absolute atomic E-state index is 0.252. The van der Waals surface area contributed by atoms with Crippen molar-refractivity contribution in [1.82, 2.24) is 0 Å². The second-order valence-corrected chi connectivity index (χ2v) is 7.96. The van der Waals surface area contributed by atoms with Gasteiger partial charge in [0.2, 0.25) is 0 Å². The monoisotopic (exact) mass is 386 g/mol. The second-order valence-electron chi connectivity index (χ2n) is 7.02. The van der Waals surface area contributed by atoms with Crippen molar-refractivity contribution in [2.24, 2.45) is 0 Å². The zero-order chi connectivity index (χ0) is 19.3. The zero-order valence-electron chi connectivity index (χ0n) is 15.4. The Bertz CT molecular complexity index is 1130. The van der Waals surface area contributed by atoms with Crippen LogP contribution >= 0.6 is 11.3 Å². The van der Waals surface area contributed by atoms with Crippen molar-refractivity contribution in [2.45, 2.75) is 13.3 Å². The Morgan fingerprint density at radius 3 is 2.57 bits per heavy atom. The van der Waals surface area contributed by atoms with Crippen LogP contribution in [0.15, 0.2) is 71.7 Å². The van der Waals surface area contributed by atoms with Crippen molar-refractivity contribution in [3.8, 4) is 0 Å². The molecule has 0 saturated heterocycles. The summed E-state index contributed by atoms with van der Waals surface area (Å²) < 4.78 is 0. The van der Waals surface area contributed by atoms with E-state index in [9.17, 15) is 9.59 Å². The van der Waals surface area contributed by atoms with Gasteiger partial charge in [0, 0.05) is 17.1 Å². The van der Waals surface area contributed by atoms with Crippen LogP contribution in [-0.4, -0.2) is 18.4 Å². The van der Waals surface area contributed by atoms with Gasteiger partial charge in [-0.15, -0.1) is 11.3 Å². The van der Waals surface area contributed by atoms with Crippen LogP contribution < -0.4 is 9.80 Å². The van der Waals surface area contributed by atoms with Crippen molar-refractivity contribution in [3.05, 3.63) is 87.7 Å². The highest BCUT2D eigenvalue weighted by Gasteiger charge is 2.44. The summed E-state index contributed by atoms with van der Waals surface area (Å²) in [7, 11) is 0. The molecule has 5 rings (SSSR count). The molecule has 4 nitrogen and oxygen atoms in total. The van der Waals surface area contributed by atoms with Crippen LogP contribution in [0.25, 0.3) is 5.57 Å². The Hall–Kier alpha value is -3.18. The summed E-state index contributed by atoms with van der Waals surface area (Å²) in [5, 5.41) is 1.94. The third-order valence-electron chi connectivity index (χ3n) is 5.24. The van der Waals surface area contributed by atoms with Crippen molar-refractivity contribution < 1.29 is 9.59 Å². The molecule has 5 heteroatoms. The second kappa shape index (κ2) is 6.46. The van der Waals surface area contributed by atoms with Gasteiger partial charge in [-0.3, -0.25) is 9.59 Å². The number of carbonyl (C=O) groups excluding carboxylic acids is 2. The van der Waals surface area contributed by atoms with E-state index in [1.807, 2.05) is 71.8 Å². The molecule has 1 aromatic heterocycles. The molecule has 0 bridgehead atoms. The van der Waals surface area contributed by atoms with E-state index in [0.717, 1.165) is 22.5 Å². The number of carbonyl (C=O) groups is 2. The smallest absolute Gasteiger partial charge is 0.282 e. The molecular formula is C23H18N2O2S. The quantitative estimate of drug-likeness (QED) is 0.627. The van der Waals surface area contributed by atoms with E-state index < -0.39 is 0 Å². The summed E-state index contributed by atoms with van der Waals surface area (Å²) in [6.45, 7) is 2.66. The van der Waals surface area contributed by atoms with Crippen molar-refractivity contribution in [1.29, 1.82) is 0 Å². The van der Waals surface area contributed by atoms with Gasteiger partial charge in [0.25, 0.3) is 11.8 Å². The number of para-hydroxylation sites is 1. The van der Waals surface area contributed by atoms with E-state index in [1.165, 1.54) is 21.8 Å². The maximum Gasteiger partial charge on any atom is 0.282 e. The lowest BCUT2D eigenvalue weighted by Gasteiger charge is -2.21. The molecule has 28 heavy (non-hydrogen) atoms. The van der Waals surface area contributed by atoms with Gasteiger partial charge in [0.1, 0.15) is 5.70 Å². The Morgan fingerprint density at radius 2 is 1.79 bits per heavy atom. The van der Waals surface area contributed by atoms with Gasteiger partial charge >= 0.3 is 0 Å². The zero-order valence-corrected chi connectivity index (χ0v) is 16.2. The maximum atomic E-state index is 13.5. The molecule has 0 radical (unpaired) electrons. The molecule has 0 N–H and O–H groups in total. The predicted octanol–water partition coefficient (Wildman–Crippen LogP) is 4.40. The third-order valence-corrected chi connectivity index (χ3v) is 6.13. The number of benzene rings is 2. The fraction of sp³-hybridized carbons (Fsp3) is 0.130. The highest BCUT2D eigenvalue weighted by atomic mass is 32.1. The van der Waals surface area contributed by atoms with Crippen LogP contribution in [0.3, 0.4) is 0 Å². The van der Waals surface area contributed by atoms with Crippen molar-refractivity contribution >= 4 is 40.1 Å². The molecule has 0 aliphatic carbocycles. The van der Waals surface area contributed by atoms with Crippen LogP contribution in [-0.2, 0) is 16.0 Å². The first-order chi connectivity index (χ1) is 13.6. The van der Waals surface area contributed by atoms with Gasteiger partial charge in [-0.2, -0.15) is 0 Å².